The maximum absolute atomic E-state index is 13.8. The van der Waals surface area contributed by atoms with Crippen molar-refractivity contribution >= 4 is 5.78 Å². The molecule has 32 heavy (non-hydrogen) atoms. The van der Waals surface area contributed by atoms with Gasteiger partial charge in [0.05, 0.1) is 5.56 Å². The molecule has 0 aliphatic carbocycles. The molecular weight excluding hydrogens is 392 g/mol. The number of ketones is 1. The third kappa shape index (κ3) is 4.09. The molecule has 0 bridgehead atoms. The standard InChI is InChI=1S/C30H28O2/c1-20(2)19-25-21(3)26(22-13-7-4-8-14-22)27(23-15-9-5-10-16-23)28(30(25)32)29(31)24-17-11-6-12-18-24/h4-18,20,32H,19H2,1-3H3. The molecule has 0 heterocycles. The second-order valence-corrected chi connectivity index (χ2v) is 8.60. The van der Waals surface area contributed by atoms with E-state index in [0.29, 0.717) is 23.5 Å². The summed E-state index contributed by atoms with van der Waals surface area (Å²) in [4.78, 5) is 13.8. The number of carbonyl (C=O) groups is 1. The average Bonchev–Trinajstić information content (AvgIpc) is 2.82. The smallest absolute Gasteiger partial charge is 0.197 e. The van der Waals surface area contributed by atoms with Gasteiger partial charge >= 0.3 is 0 Å². The van der Waals surface area contributed by atoms with E-state index in [1.165, 1.54) is 0 Å². The summed E-state index contributed by atoms with van der Waals surface area (Å²) >= 11 is 0. The van der Waals surface area contributed by atoms with Crippen molar-refractivity contribution in [1.82, 2.24) is 0 Å². The molecule has 0 spiro atoms. The number of benzene rings is 4. The van der Waals surface area contributed by atoms with Crippen LogP contribution in [0.15, 0.2) is 91.0 Å². The van der Waals surface area contributed by atoms with E-state index in [2.05, 4.69) is 32.9 Å². The van der Waals surface area contributed by atoms with Gasteiger partial charge in [-0.15, -0.1) is 0 Å². The van der Waals surface area contributed by atoms with Crippen LogP contribution in [0.1, 0.15) is 40.9 Å². The van der Waals surface area contributed by atoms with Crippen LogP contribution in [0.5, 0.6) is 5.75 Å². The minimum atomic E-state index is -0.163. The summed E-state index contributed by atoms with van der Waals surface area (Å²) < 4.78 is 0. The summed E-state index contributed by atoms with van der Waals surface area (Å²) in [5.41, 5.74) is 6.55. The average molecular weight is 421 g/mol. The minimum Gasteiger partial charge on any atom is -0.507 e. The molecule has 160 valence electrons. The Bertz CT molecular complexity index is 1220. The van der Waals surface area contributed by atoms with E-state index >= 15 is 0 Å². The van der Waals surface area contributed by atoms with Crippen LogP contribution < -0.4 is 0 Å². The Hall–Kier alpha value is -3.65. The van der Waals surface area contributed by atoms with Crippen LogP contribution in [0.2, 0.25) is 0 Å². The van der Waals surface area contributed by atoms with Crippen LogP contribution in [-0.2, 0) is 6.42 Å². The number of phenols is 1. The molecule has 0 radical (unpaired) electrons. The Balaban J connectivity index is 2.14. The third-order valence-electron chi connectivity index (χ3n) is 5.85. The van der Waals surface area contributed by atoms with Gasteiger partial charge in [-0.1, -0.05) is 105 Å². The van der Waals surface area contributed by atoms with Crippen molar-refractivity contribution in [2.24, 2.45) is 5.92 Å². The first-order valence-corrected chi connectivity index (χ1v) is 11.1. The highest BCUT2D eigenvalue weighted by atomic mass is 16.3. The molecule has 0 aromatic heterocycles. The van der Waals surface area contributed by atoms with Crippen LogP contribution in [0.25, 0.3) is 22.3 Å². The molecule has 0 aliphatic rings. The molecule has 0 unspecified atom stereocenters. The molecule has 2 heteroatoms. The second kappa shape index (κ2) is 9.23. The van der Waals surface area contributed by atoms with Crippen LogP contribution in [0, 0.1) is 12.8 Å². The second-order valence-electron chi connectivity index (χ2n) is 8.60. The number of rotatable bonds is 6. The number of hydrogen-bond acceptors (Lipinski definition) is 2. The monoisotopic (exact) mass is 420 g/mol. The van der Waals surface area contributed by atoms with E-state index in [0.717, 1.165) is 33.4 Å². The number of hydrogen-bond donors (Lipinski definition) is 1. The topological polar surface area (TPSA) is 37.3 Å². The molecule has 0 aliphatic heterocycles. The van der Waals surface area contributed by atoms with E-state index in [1.807, 2.05) is 66.7 Å². The van der Waals surface area contributed by atoms with E-state index in [9.17, 15) is 9.90 Å². The molecule has 4 aromatic rings. The fourth-order valence-corrected chi connectivity index (χ4v) is 4.38. The third-order valence-corrected chi connectivity index (χ3v) is 5.85. The number of aromatic hydroxyl groups is 1. The van der Waals surface area contributed by atoms with Gasteiger partial charge in [0.2, 0.25) is 0 Å². The maximum atomic E-state index is 13.8. The van der Waals surface area contributed by atoms with Gasteiger partial charge in [-0.05, 0) is 47.1 Å². The first-order chi connectivity index (χ1) is 15.5. The molecule has 0 amide bonds. The molecule has 4 rings (SSSR count). The quantitative estimate of drug-likeness (QED) is 0.329. The molecule has 4 aromatic carbocycles. The van der Waals surface area contributed by atoms with Crippen molar-refractivity contribution in [3.63, 3.8) is 0 Å². The molecule has 1 N–H and O–H groups in total. The zero-order chi connectivity index (χ0) is 22.7. The molecular formula is C30H28O2. The van der Waals surface area contributed by atoms with Crippen molar-refractivity contribution in [1.29, 1.82) is 0 Å². The lowest BCUT2D eigenvalue weighted by molar-refractivity contribution is 0.103. The van der Waals surface area contributed by atoms with Crippen LogP contribution in [-0.4, -0.2) is 10.9 Å². The van der Waals surface area contributed by atoms with Gasteiger partial charge in [0.1, 0.15) is 5.75 Å². The van der Waals surface area contributed by atoms with Crippen molar-refractivity contribution < 1.29 is 9.90 Å². The van der Waals surface area contributed by atoms with Crippen LogP contribution >= 0.6 is 0 Å². The highest BCUT2D eigenvalue weighted by molar-refractivity contribution is 6.17. The van der Waals surface area contributed by atoms with Crippen LogP contribution in [0.4, 0.5) is 0 Å². The van der Waals surface area contributed by atoms with Gasteiger partial charge in [0.25, 0.3) is 0 Å². The Morgan fingerprint density at radius 2 is 1.22 bits per heavy atom. The largest absolute Gasteiger partial charge is 0.507 e. The van der Waals surface area contributed by atoms with E-state index in [1.54, 1.807) is 12.1 Å². The normalized spacial score (nSPS) is 11.0. The predicted molar refractivity (Wildman–Crippen MR) is 132 cm³/mol. The lowest BCUT2D eigenvalue weighted by Gasteiger charge is -2.24. The summed E-state index contributed by atoms with van der Waals surface area (Å²) in [6.45, 7) is 6.32. The molecule has 2 nitrogen and oxygen atoms in total. The van der Waals surface area contributed by atoms with Crippen molar-refractivity contribution in [2.75, 3.05) is 0 Å². The van der Waals surface area contributed by atoms with E-state index in [4.69, 9.17) is 0 Å². The maximum Gasteiger partial charge on any atom is 0.197 e. The summed E-state index contributed by atoms with van der Waals surface area (Å²) in [5, 5.41) is 11.5. The van der Waals surface area contributed by atoms with Gasteiger partial charge in [-0.25, -0.2) is 0 Å². The van der Waals surface area contributed by atoms with Gasteiger partial charge < -0.3 is 5.11 Å². The molecule has 0 saturated carbocycles. The van der Waals surface area contributed by atoms with E-state index in [-0.39, 0.29) is 11.5 Å². The fourth-order valence-electron chi connectivity index (χ4n) is 4.38. The van der Waals surface area contributed by atoms with Crippen molar-refractivity contribution in [3.8, 4) is 28.0 Å². The first kappa shape index (κ1) is 21.6. The SMILES string of the molecule is Cc1c(CC(C)C)c(O)c(C(=O)c2ccccc2)c(-c2ccccc2)c1-c1ccccc1. The first-order valence-electron chi connectivity index (χ1n) is 11.1. The Morgan fingerprint density at radius 3 is 1.72 bits per heavy atom. The Kier molecular flexibility index (Phi) is 6.23. The van der Waals surface area contributed by atoms with Crippen molar-refractivity contribution in [3.05, 3.63) is 113 Å². The van der Waals surface area contributed by atoms with Gasteiger partial charge in [-0.2, -0.15) is 0 Å². The van der Waals surface area contributed by atoms with Crippen LogP contribution in [0.3, 0.4) is 0 Å². The number of carbonyl (C=O) groups excluding carboxylic acids is 1. The minimum absolute atomic E-state index is 0.101. The Morgan fingerprint density at radius 1 is 0.750 bits per heavy atom. The zero-order valence-corrected chi connectivity index (χ0v) is 18.8. The molecule has 0 fully saturated rings. The van der Waals surface area contributed by atoms with E-state index < -0.39 is 0 Å². The van der Waals surface area contributed by atoms with Gasteiger partial charge in [0, 0.05) is 11.1 Å². The zero-order valence-electron chi connectivity index (χ0n) is 18.8. The molecule has 0 atom stereocenters. The van der Waals surface area contributed by atoms with Crippen molar-refractivity contribution in [2.45, 2.75) is 27.2 Å². The van der Waals surface area contributed by atoms with Gasteiger partial charge in [0.15, 0.2) is 5.78 Å². The highest BCUT2D eigenvalue weighted by Crippen LogP contribution is 2.45. The lowest BCUT2D eigenvalue weighted by atomic mass is 9.80. The highest BCUT2D eigenvalue weighted by Gasteiger charge is 2.28. The summed E-state index contributed by atoms with van der Waals surface area (Å²) in [6, 6.07) is 29.3. The molecule has 0 saturated heterocycles. The summed E-state index contributed by atoms with van der Waals surface area (Å²) in [6.07, 6.45) is 0.696. The van der Waals surface area contributed by atoms with Gasteiger partial charge in [-0.3, -0.25) is 4.79 Å². The predicted octanol–water partition coefficient (Wildman–Crippen LogP) is 7.46. The fraction of sp³-hybridized carbons (Fsp3) is 0.167. The summed E-state index contributed by atoms with van der Waals surface area (Å²) in [5.74, 6) is 0.276. The summed E-state index contributed by atoms with van der Waals surface area (Å²) in [7, 11) is 0. The lowest BCUT2D eigenvalue weighted by Crippen LogP contribution is -2.10. The number of phenolic OH excluding ortho intramolecular Hbond substituents is 1. The Labute approximate surface area is 190 Å².